The molecule has 1 heterocycles. The average molecular weight is 243 g/mol. The Morgan fingerprint density at radius 2 is 1.78 bits per heavy atom. The molecule has 96 valence electrons. The van der Waals surface area contributed by atoms with E-state index in [-0.39, 0.29) is 6.04 Å². The van der Waals surface area contributed by atoms with Gasteiger partial charge in [-0.1, -0.05) is 29.8 Å². The number of nitrogens with one attached hydrogen (secondary N) is 1. The number of benzene rings is 1. The molecule has 1 N–H and O–H groups in total. The Bertz CT molecular complexity index is 497. The van der Waals surface area contributed by atoms with E-state index in [1.807, 2.05) is 12.4 Å². The van der Waals surface area contributed by atoms with Gasteiger partial charge in [-0.3, -0.25) is 0 Å². The van der Waals surface area contributed by atoms with Gasteiger partial charge in [-0.2, -0.15) is 0 Å². The summed E-state index contributed by atoms with van der Waals surface area (Å²) in [5.41, 5.74) is 2.59. The van der Waals surface area contributed by atoms with Gasteiger partial charge in [0.15, 0.2) is 0 Å². The SMILES string of the molecule is Cc1ccc(C(C)n2ccnc2NC(C)C)cc1. The molecule has 3 nitrogen and oxygen atoms in total. The van der Waals surface area contributed by atoms with Crippen LogP contribution in [0.15, 0.2) is 36.7 Å². The van der Waals surface area contributed by atoms with Crippen molar-refractivity contribution in [3.05, 3.63) is 47.8 Å². The molecule has 18 heavy (non-hydrogen) atoms. The monoisotopic (exact) mass is 243 g/mol. The summed E-state index contributed by atoms with van der Waals surface area (Å²) in [5, 5.41) is 3.37. The van der Waals surface area contributed by atoms with Gasteiger partial charge in [-0.25, -0.2) is 4.98 Å². The van der Waals surface area contributed by atoms with Crippen LogP contribution < -0.4 is 5.32 Å². The Labute approximate surface area is 109 Å². The van der Waals surface area contributed by atoms with Gasteiger partial charge in [0.1, 0.15) is 0 Å². The normalized spacial score (nSPS) is 12.7. The molecule has 1 atom stereocenters. The van der Waals surface area contributed by atoms with Crippen LogP contribution in [0.25, 0.3) is 0 Å². The van der Waals surface area contributed by atoms with E-state index in [9.17, 15) is 0 Å². The molecule has 2 aromatic rings. The first-order chi connectivity index (χ1) is 8.58. The van der Waals surface area contributed by atoms with Crippen LogP contribution in [0, 0.1) is 6.92 Å². The van der Waals surface area contributed by atoms with Crippen LogP contribution in [-0.4, -0.2) is 15.6 Å². The lowest BCUT2D eigenvalue weighted by molar-refractivity contribution is 0.638. The lowest BCUT2D eigenvalue weighted by Crippen LogP contribution is -2.16. The molecule has 1 unspecified atom stereocenters. The Balaban J connectivity index is 2.25. The van der Waals surface area contributed by atoms with Crippen molar-refractivity contribution in [3.63, 3.8) is 0 Å². The van der Waals surface area contributed by atoms with Crippen molar-refractivity contribution in [1.29, 1.82) is 0 Å². The van der Waals surface area contributed by atoms with Gasteiger partial charge in [0, 0.05) is 18.4 Å². The predicted octanol–water partition coefficient (Wildman–Crippen LogP) is 3.62. The number of nitrogens with zero attached hydrogens (tertiary/aromatic N) is 2. The van der Waals surface area contributed by atoms with Crippen LogP contribution in [0.5, 0.6) is 0 Å². The lowest BCUT2D eigenvalue weighted by atomic mass is 10.1. The predicted molar refractivity (Wildman–Crippen MR) is 76.0 cm³/mol. The van der Waals surface area contributed by atoms with E-state index >= 15 is 0 Å². The summed E-state index contributed by atoms with van der Waals surface area (Å²) in [6.45, 7) is 8.54. The summed E-state index contributed by atoms with van der Waals surface area (Å²) >= 11 is 0. The van der Waals surface area contributed by atoms with Gasteiger partial charge in [0.2, 0.25) is 5.95 Å². The summed E-state index contributed by atoms with van der Waals surface area (Å²) in [7, 11) is 0. The highest BCUT2D eigenvalue weighted by molar-refractivity contribution is 5.32. The Kier molecular flexibility index (Phi) is 3.70. The van der Waals surface area contributed by atoms with Gasteiger partial charge in [-0.15, -0.1) is 0 Å². The first-order valence-electron chi connectivity index (χ1n) is 6.44. The number of anilines is 1. The molecule has 2 rings (SSSR count). The second-order valence-corrected chi connectivity index (χ2v) is 5.04. The standard InChI is InChI=1S/C15H21N3/c1-11(2)17-15-16-9-10-18(15)13(4)14-7-5-12(3)6-8-14/h5-11,13H,1-4H3,(H,16,17). The number of aromatic nitrogens is 2. The van der Waals surface area contributed by atoms with Crippen LogP contribution >= 0.6 is 0 Å². The molecule has 3 heteroatoms. The summed E-state index contributed by atoms with van der Waals surface area (Å²) in [5.74, 6) is 0.929. The first kappa shape index (κ1) is 12.7. The molecule has 0 aliphatic heterocycles. The molecule has 1 aromatic carbocycles. The van der Waals surface area contributed by atoms with E-state index < -0.39 is 0 Å². The topological polar surface area (TPSA) is 29.9 Å². The van der Waals surface area contributed by atoms with E-state index in [0.717, 1.165) is 5.95 Å². The highest BCUT2D eigenvalue weighted by Crippen LogP contribution is 2.22. The van der Waals surface area contributed by atoms with Gasteiger partial charge in [0.25, 0.3) is 0 Å². The molecular weight excluding hydrogens is 222 g/mol. The molecule has 0 radical (unpaired) electrons. The fraction of sp³-hybridized carbons (Fsp3) is 0.400. The maximum Gasteiger partial charge on any atom is 0.203 e. The van der Waals surface area contributed by atoms with E-state index in [1.165, 1.54) is 11.1 Å². The Morgan fingerprint density at radius 3 is 2.39 bits per heavy atom. The maximum absolute atomic E-state index is 4.37. The fourth-order valence-electron chi connectivity index (χ4n) is 2.00. The zero-order valence-electron chi connectivity index (χ0n) is 11.5. The maximum atomic E-state index is 4.37. The molecule has 0 saturated heterocycles. The zero-order chi connectivity index (χ0) is 13.1. The van der Waals surface area contributed by atoms with Crippen molar-refractivity contribution >= 4 is 5.95 Å². The molecule has 0 fully saturated rings. The average Bonchev–Trinajstić information content (AvgIpc) is 2.76. The summed E-state index contributed by atoms with van der Waals surface area (Å²) in [6.07, 6.45) is 3.87. The molecule has 0 amide bonds. The van der Waals surface area contributed by atoms with Gasteiger partial charge < -0.3 is 9.88 Å². The number of imidazole rings is 1. The van der Waals surface area contributed by atoms with Crippen molar-refractivity contribution in [1.82, 2.24) is 9.55 Å². The van der Waals surface area contributed by atoms with Gasteiger partial charge in [0.05, 0.1) is 6.04 Å². The summed E-state index contributed by atoms with van der Waals surface area (Å²) in [6, 6.07) is 9.33. The largest absolute Gasteiger partial charge is 0.353 e. The lowest BCUT2D eigenvalue weighted by Gasteiger charge is -2.19. The number of rotatable bonds is 4. The smallest absolute Gasteiger partial charge is 0.203 e. The van der Waals surface area contributed by atoms with Crippen molar-refractivity contribution in [2.24, 2.45) is 0 Å². The number of hydrogen-bond donors (Lipinski definition) is 1. The summed E-state index contributed by atoms with van der Waals surface area (Å²) in [4.78, 5) is 4.37. The van der Waals surface area contributed by atoms with Crippen molar-refractivity contribution in [3.8, 4) is 0 Å². The van der Waals surface area contributed by atoms with Crippen LogP contribution in [0.2, 0.25) is 0 Å². The van der Waals surface area contributed by atoms with E-state index in [1.54, 1.807) is 0 Å². The highest BCUT2D eigenvalue weighted by atomic mass is 15.2. The molecule has 0 saturated carbocycles. The highest BCUT2D eigenvalue weighted by Gasteiger charge is 2.12. The van der Waals surface area contributed by atoms with Crippen molar-refractivity contribution in [2.75, 3.05) is 5.32 Å². The molecule has 1 aromatic heterocycles. The van der Waals surface area contributed by atoms with Crippen molar-refractivity contribution in [2.45, 2.75) is 39.8 Å². The quantitative estimate of drug-likeness (QED) is 0.888. The molecule has 0 aliphatic carbocycles. The third-order valence-electron chi connectivity index (χ3n) is 3.06. The second-order valence-electron chi connectivity index (χ2n) is 5.04. The fourth-order valence-corrected chi connectivity index (χ4v) is 2.00. The molecule has 0 bridgehead atoms. The van der Waals surface area contributed by atoms with Gasteiger partial charge >= 0.3 is 0 Å². The Hall–Kier alpha value is -1.77. The number of aryl methyl sites for hydroxylation is 1. The first-order valence-corrected chi connectivity index (χ1v) is 6.44. The number of hydrogen-bond acceptors (Lipinski definition) is 2. The van der Waals surface area contributed by atoms with Crippen LogP contribution in [0.1, 0.15) is 37.9 Å². The summed E-state index contributed by atoms with van der Waals surface area (Å²) < 4.78 is 2.17. The minimum atomic E-state index is 0.286. The van der Waals surface area contributed by atoms with E-state index in [4.69, 9.17) is 0 Å². The van der Waals surface area contributed by atoms with Crippen LogP contribution in [0.3, 0.4) is 0 Å². The second kappa shape index (κ2) is 5.25. The van der Waals surface area contributed by atoms with Crippen LogP contribution in [0.4, 0.5) is 5.95 Å². The van der Waals surface area contributed by atoms with Crippen molar-refractivity contribution < 1.29 is 0 Å². The van der Waals surface area contributed by atoms with E-state index in [2.05, 4.69) is 66.8 Å². The minimum absolute atomic E-state index is 0.286. The Morgan fingerprint density at radius 1 is 1.11 bits per heavy atom. The molecule has 0 aliphatic rings. The zero-order valence-corrected chi connectivity index (χ0v) is 11.5. The minimum Gasteiger partial charge on any atom is -0.353 e. The molecule has 0 spiro atoms. The third kappa shape index (κ3) is 2.73. The van der Waals surface area contributed by atoms with Gasteiger partial charge in [-0.05, 0) is 33.3 Å². The van der Waals surface area contributed by atoms with E-state index in [0.29, 0.717) is 6.04 Å². The van der Waals surface area contributed by atoms with Crippen LogP contribution in [-0.2, 0) is 0 Å². The molecular formula is C15H21N3. The third-order valence-corrected chi connectivity index (χ3v) is 3.06.